The third-order valence-corrected chi connectivity index (χ3v) is 3.36. The Labute approximate surface area is 115 Å². The molecule has 7 heteroatoms. The summed E-state index contributed by atoms with van der Waals surface area (Å²) in [6.07, 6.45) is -1.15. The van der Waals surface area contributed by atoms with Gasteiger partial charge in [0.15, 0.2) is 0 Å². The summed E-state index contributed by atoms with van der Waals surface area (Å²) < 4.78 is 39.1. The Morgan fingerprint density at radius 1 is 1.45 bits per heavy atom. The lowest BCUT2D eigenvalue weighted by Crippen LogP contribution is -2.40. The van der Waals surface area contributed by atoms with Crippen LogP contribution in [0, 0.1) is 0 Å². The Balaban J connectivity index is 2.24. The number of nitrogens with zero attached hydrogens (tertiary/aromatic N) is 2. The average Bonchev–Trinajstić information content (AvgIpc) is 2.90. The van der Waals surface area contributed by atoms with Gasteiger partial charge in [-0.05, 0) is 31.5 Å². The van der Waals surface area contributed by atoms with E-state index < -0.39 is 11.7 Å². The lowest BCUT2D eigenvalue weighted by molar-refractivity contribution is -0.137. The number of rotatable bonds is 5. The lowest BCUT2D eigenvalue weighted by Gasteiger charge is -2.28. The summed E-state index contributed by atoms with van der Waals surface area (Å²) in [7, 11) is 0. The fourth-order valence-corrected chi connectivity index (χ4v) is 2.45. The van der Waals surface area contributed by atoms with E-state index >= 15 is 0 Å². The normalized spacial score (nSPS) is 19.3. The van der Waals surface area contributed by atoms with Crippen molar-refractivity contribution in [1.82, 2.24) is 10.3 Å². The topological polar surface area (TPSA) is 48.4 Å². The van der Waals surface area contributed by atoms with Crippen molar-refractivity contribution in [3.8, 4) is 0 Å². The van der Waals surface area contributed by atoms with Crippen LogP contribution in [0.2, 0.25) is 0 Å². The lowest BCUT2D eigenvalue weighted by atomic mass is 10.2. The highest BCUT2D eigenvalue weighted by molar-refractivity contribution is 5.48. The summed E-state index contributed by atoms with van der Waals surface area (Å²) in [5, 5.41) is 12.3. The van der Waals surface area contributed by atoms with Crippen LogP contribution in [-0.4, -0.2) is 42.4 Å². The highest BCUT2D eigenvalue weighted by Gasteiger charge is 2.36. The van der Waals surface area contributed by atoms with Crippen LogP contribution in [-0.2, 0) is 6.18 Å². The molecule has 112 valence electrons. The minimum Gasteiger partial charge on any atom is -0.395 e. The summed E-state index contributed by atoms with van der Waals surface area (Å²) in [5.74, 6) is -0.109. The minimum atomic E-state index is -4.44. The number of aliphatic hydroxyl groups excluding tert-OH is 1. The smallest absolute Gasteiger partial charge is 0.395 e. The zero-order chi connectivity index (χ0) is 14.6. The monoisotopic (exact) mass is 289 g/mol. The van der Waals surface area contributed by atoms with E-state index in [1.165, 1.54) is 17.2 Å². The van der Waals surface area contributed by atoms with Crippen molar-refractivity contribution >= 4 is 5.82 Å². The molecule has 2 heterocycles. The minimum absolute atomic E-state index is 0.109. The quantitative estimate of drug-likeness (QED) is 0.865. The Bertz CT molecular complexity index is 433. The molecule has 1 aliphatic rings. The molecule has 2 N–H and O–H groups in total. The van der Waals surface area contributed by atoms with E-state index in [9.17, 15) is 13.2 Å². The second kappa shape index (κ2) is 6.41. The standard InChI is InChI=1S/C13H18F3N3O/c14-13(15,16)11-4-2-6-18-12(11)19(7-8-20)9-10-3-1-5-17-10/h2,4,6,10,17,20H,1,3,5,7-9H2. The van der Waals surface area contributed by atoms with E-state index in [2.05, 4.69) is 10.3 Å². The zero-order valence-corrected chi connectivity index (χ0v) is 11.0. The first-order valence-corrected chi connectivity index (χ1v) is 6.64. The molecule has 0 radical (unpaired) electrons. The molecule has 1 aliphatic heterocycles. The molecule has 0 aliphatic carbocycles. The maximum atomic E-state index is 13.0. The Hall–Kier alpha value is -1.34. The number of hydrogen-bond donors (Lipinski definition) is 2. The maximum absolute atomic E-state index is 13.0. The summed E-state index contributed by atoms with van der Waals surface area (Å²) in [6.45, 7) is 1.23. The fourth-order valence-electron chi connectivity index (χ4n) is 2.45. The summed E-state index contributed by atoms with van der Waals surface area (Å²) in [5.41, 5.74) is -0.758. The van der Waals surface area contributed by atoms with Gasteiger partial charge in [-0.25, -0.2) is 4.98 Å². The number of anilines is 1. The van der Waals surface area contributed by atoms with Gasteiger partial charge in [-0.1, -0.05) is 0 Å². The van der Waals surface area contributed by atoms with Crippen LogP contribution >= 0.6 is 0 Å². The van der Waals surface area contributed by atoms with E-state index in [-0.39, 0.29) is 25.0 Å². The largest absolute Gasteiger partial charge is 0.419 e. The zero-order valence-electron chi connectivity index (χ0n) is 11.0. The van der Waals surface area contributed by atoms with E-state index in [0.717, 1.165) is 25.5 Å². The molecule has 0 amide bonds. The van der Waals surface area contributed by atoms with Gasteiger partial charge in [0, 0.05) is 25.3 Å². The van der Waals surface area contributed by atoms with Gasteiger partial charge in [-0.2, -0.15) is 13.2 Å². The van der Waals surface area contributed by atoms with E-state index in [0.29, 0.717) is 6.54 Å². The van der Waals surface area contributed by atoms with Crippen LogP contribution < -0.4 is 10.2 Å². The number of pyridine rings is 1. The summed E-state index contributed by atoms with van der Waals surface area (Å²) in [6, 6.07) is 2.44. The second-order valence-corrected chi connectivity index (χ2v) is 4.84. The molecular weight excluding hydrogens is 271 g/mol. The predicted molar refractivity (Wildman–Crippen MR) is 69.6 cm³/mol. The first-order valence-electron chi connectivity index (χ1n) is 6.64. The molecule has 1 aromatic heterocycles. The molecule has 20 heavy (non-hydrogen) atoms. The summed E-state index contributed by atoms with van der Waals surface area (Å²) >= 11 is 0. The number of nitrogens with one attached hydrogen (secondary N) is 1. The van der Waals surface area contributed by atoms with Gasteiger partial charge in [-0.3, -0.25) is 0 Å². The van der Waals surface area contributed by atoms with Crippen LogP contribution in [0.1, 0.15) is 18.4 Å². The average molecular weight is 289 g/mol. The number of aromatic nitrogens is 1. The van der Waals surface area contributed by atoms with Crippen molar-refractivity contribution in [3.63, 3.8) is 0 Å². The van der Waals surface area contributed by atoms with Crippen molar-refractivity contribution in [3.05, 3.63) is 23.9 Å². The van der Waals surface area contributed by atoms with Gasteiger partial charge in [0.05, 0.1) is 12.2 Å². The second-order valence-electron chi connectivity index (χ2n) is 4.84. The molecular formula is C13H18F3N3O. The van der Waals surface area contributed by atoms with E-state index in [1.54, 1.807) is 0 Å². The van der Waals surface area contributed by atoms with E-state index in [1.807, 2.05) is 0 Å². The van der Waals surface area contributed by atoms with Gasteiger partial charge < -0.3 is 15.3 Å². The van der Waals surface area contributed by atoms with Crippen LogP contribution in [0.5, 0.6) is 0 Å². The molecule has 1 atom stereocenters. The Morgan fingerprint density at radius 3 is 2.85 bits per heavy atom. The molecule has 4 nitrogen and oxygen atoms in total. The van der Waals surface area contributed by atoms with Gasteiger partial charge in [0.2, 0.25) is 0 Å². The van der Waals surface area contributed by atoms with Crippen molar-refractivity contribution in [1.29, 1.82) is 0 Å². The third kappa shape index (κ3) is 3.61. The van der Waals surface area contributed by atoms with Gasteiger partial charge in [0.25, 0.3) is 0 Å². The highest BCUT2D eigenvalue weighted by atomic mass is 19.4. The fraction of sp³-hybridized carbons (Fsp3) is 0.615. The van der Waals surface area contributed by atoms with E-state index in [4.69, 9.17) is 5.11 Å². The van der Waals surface area contributed by atoms with Crippen LogP contribution in [0.25, 0.3) is 0 Å². The number of hydrogen-bond acceptors (Lipinski definition) is 4. The van der Waals surface area contributed by atoms with Gasteiger partial charge in [-0.15, -0.1) is 0 Å². The van der Waals surface area contributed by atoms with Crippen molar-refractivity contribution in [2.24, 2.45) is 0 Å². The maximum Gasteiger partial charge on any atom is 0.419 e. The number of aliphatic hydroxyl groups is 1. The van der Waals surface area contributed by atoms with Crippen LogP contribution in [0.15, 0.2) is 18.3 Å². The Kier molecular flexibility index (Phi) is 4.82. The SMILES string of the molecule is OCCN(CC1CCCN1)c1ncccc1C(F)(F)F. The third-order valence-electron chi connectivity index (χ3n) is 3.36. The molecule has 0 spiro atoms. The van der Waals surface area contributed by atoms with Crippen molar-refractivity contribution in [2.45, 2.75) is 25.1 Å². The highest BCUT2D eigenvalue weighted by Crippen LogP contribution is 2.35. The molecule has 0 saturated carbocycles. The summed E-state index contributed by atoms with van der Waals surface area (Å²) in [4.78, 5) is 5.38. The first-order chi connectivity index (χ1) is 9.52. The molecule has 0 bridgehead atoms. The number of alkyl halides is 3. The predicted octanol–water partition coefficient (Wildman–Crippen LogP) is 1.65. The van der Waals surface area contributed by atoms with Crippen molar-refractivity contribution in [2.75, 3.05) is 31.1 Å². The van der Waals surface area contributed by atoms with Crippen molar-refractivity contribution < 1.29 is 18.3 Å². The molecule has 1 fully saturated rings. The van der Waals surface area contributed by atoms with Gasteiger partial charge >= 0.3 is 6.18 Å². The molecule has 1 unspecified atom stereocenters. The number of halogens is 3. The molecule has 2 rings (SSSR count). The first kappa shape index (κ1) is 15.1. The Morgan fingerprint density at radius 2 is 2.25 bits per heavy atom. The van der Waals surface area contributed by atoms with Gasteiger partial charge in [0.1, 0.15) is 5.82 Å². The molecule has 0 aromatic carbocycles. The molecule has 1 aromatic rings. The van der Waals surface area contributed by atoms with Crippen LogP contribution in [0.3, 0.4) is 0 Å². The molecule has 1 saturated heterocycles. The van der Waals surface area contributed by atoms with Crippen LogP contribution in [0.4, 0.5) is 19.0 Å².